The van der Waals surface area contributed by atoms with Crippen LogP contribution in [0.2, 0.25) is 0 Å². The number of hydrogen-bond donors (Lipinski definition) is 0. The molecule has 1 aliphatic rings. The Hall–Kier alpha value is -3.68. The van der Waals surface area contributed by atoms with Gasteiger partial charge in [-0.15, -0.1) is 0 Å². The number of anilines is 1. The molecule has 1 amide bonds. The molecule has 0 aliphatic carbocycles. The number of rotatable bonds is 3. The molecule has 1 aliphatic heterocycles. The molecule has 1 saturated heterocycles. The van der Waals surface area contributed by atoms with Crippen molar-refractivity contribution in [1.82, 2.24) is 19.1 Å². The van der Waals surface area contributed by atoms with Crippen LogP contribution in [-0.2, 0) is 11.3 Å². The van der Waals surface area contributed by atoms with Crippen LogP contribution in [0, 0.1) is 19.7 Å². The SMILES string of the molecule is Cc1ccc2c(c1)cc1c(=O)n(CC(=O)N3CCN(c4ccccc4F)CC3)nc(C)n12. The minimum absolute atomic E-state index is 0.115. The first-order valence-electron chi connectivity index (χ1n) is 10.7. The van der Waals surface area contributed by atoms with Gasteiger partial charge >= 0.3 is 0 Å². The second-order valence-electron chi connectivity index (χ2n) is 8.26. The molecule has 4 aromatic rings. The maximum absolute atomic E-state index is 14.1. The number of aryl methyl sites for hydroxylation is 2. The van der Waals surface area contributed by atoms with Crippen molar-refractivity contribution in [2.24, 2.45) is 0 Å². The zero-order chi connectivity index (χ0) is 22.4. The van der Waals surface area contributed by atoms with E-state index in [1.165, 1.54) is 10.7 Å². The highest BCUT2D eigenvalue weighted by Gasteiger charge is 2.24. The van der Waals surface area contributed by atoms with E-state index < -0.39 is 0 Å². The van der Waals surface area contributed by atoms with Crippen LogP contribution in [-0.4, -0.2) is 51.2 Å². The quantitative estimate of drug-likeness (QED) is 0.499. The maximum Gasteiger partial charge on any atom is 0.291 e. The van der Waals surface area contributed by atoms with E-state index in [0.717, 1.165) is 16.5 Å². The Morgan fingerprint density at radius 3 is 2.50 bits per heavy atom. The molecule has 5 rings (SSSR count). The lowest BCUT2D eigenvalue weighted by atomic mass is 10.2. The largest absolute Gasteiger partial charge is 0.366 e. The second-order valence-corrected chi connectivity index (χ2v) is 8.26. The maximum atomic E-state index is 14.1. The molecule has 8 heteroatoms. The van der Waals surface area contributed by atoms with Gasteiger partial charge in [0, 0.05) is 31.6 Å². The molecule has 0 N–H and O–H groups in total. The smallest absolute Gasteiger partial charge is 0.291 e. The number of fused-ring (bicyclic) bond motifs is 3. The number of para-hydroxylation sites is 1. The van der Waals surface area contributed by atoms with Gasteiger partial charge in [0.1, 0.15) is 23.7 Å². The molecule has 1 fully saturated rings. The van der Waals surface area contributed by atoms with Crippen LogP contribution < -0.4 is 10.5 Å². The molecule has 2 aromatic carbocycles. The minimum atomic E-state index is -0.289. The number of benzene rings is 2. The van der Waals surface area contributed by atoms with E-state index in [9.17, 15) is 14.0 Å². The molecule has 32 heavy (non-hydrogen) atoms. The summed E-state index contributed by atoms with van der Waals surface area (Å²) in [7, 11) is 0. The van der Waals surface area contributed by atoms with Gasteiger partial charge in [-0.2, -0.15) is 5.10 Å². The Balaban J connectivity index is 1.36. The number of carbonyl (C=O) groups excluding carboxylic acids is 1. The lowest BCUT2D eigenvalue weighted by molar-refractivity contribution is -0.132. The van der Waals surface area contributed by atoms with Gasteiger partial charge in [0.2, 0.25) is 5.91 Å². The van der Waals surface area contributed by atoms with Crippen LogP contribution in [0.4, 0.5) is 10.1 Å². The summed E-state index contributed by atoms with van der Waals surface area (Å²) in [5.74, 6) is 0.223. The molecular formula is C24H24FN5O2. The first-order chi connectivity index (χ1) is 15.4. The van der Waals surface area contributed by atoms with Crippen molar-refractivity contribution < 1.29 is 9.18 Å². The lowest BCUT2D eigenvalue weighted by Gasteiger charge is -2.36. The second kappa shape index (κ2) is 7.78. The van der Waals surface area contributed by atoms with Gasteiger partial charge in [-0.25, -0.2) is 9.07 Å². The summed E-state index contributed by atoms with van der Waals surface area (Å²) in [4.78, 5) is 29.7. The number of aromatic nitrogens is 3. The summed E-state index contributed by atoms with van der Waals surface area (Å²) in [6.07, 6.45) is 0. The van der Waals surface area contributed by atoms with E-state index in [-0.39, 0.29) is 23.8 Å². The van der Waals surface area contributed by atoms with Gasteiger partial charge < -0.3 is 9.80 Å². The van der Waals surface area contributed by atoms with Crippen LogP contribution in [0.1, 0.15) is 11.4 Å². The van der Waals surface area contributed by atoms with Gasteiger partial charge in [-0.1, -0.05) is 23.8 Å². The zero-order valence-corrected chi connectivity index (χ0v) is 18.1. The van der Waals surface area contributed by atoms with Gasteiger partial charge in [0.25, 0.3) is 5.56 Å². The van der Waals surface area contributed by atoms with Crippen LogP contribution in [0.15, 0.2) is 53.3 Å². The topological polar surface area (TPSA) is 62.9 Å². The van der Waals surface area contributed by atoms with Crippen LogP contribution in [0.25, 0.3) is 16.4 Å². The fourth-order valence-corrected chi connectivity index (χ4v) is 4.48. The van der Waals surface area contributed by atoms with Crippen molar-refractivity contribution in [3.05, 3.63) is 76.1 Å². The highest BCUT2D eigenvalue weighted by molar-refractivity contribution is 5.87. The molecule has 164 valence electrons. The average Bonchev–Trinajstić information content (AvgIpc) is 3.17. The first-order valence-corrected chi connectivity index (χ1v) is 10.7. The monoisotopic (exact) mass is 433 g/mol. The molecule has 0 spiro atoms. The summed E-state index contributed by atoms with van der Waals surface area (Å²) in [5.41, 5.74) is 2.81. The average molecular weight is 433 g/mol. The third kappa shape index (κ3) is 3.41. The number of amides is 1. The number of nitrogens with zero attached hydrogens (tertiary/aromatic N) is 5. The van der Waals surface area contributed by atoms with E-state index in [1.54, 1.807) is 23.1 Å². The zero-order valence-electron chi connectivity index (χ0n) is 18.1. The van der Waals surface area contributed by atoms with Crippen LogP contribution >= 0.6 is 0 Å². The van der Waals surface area contributed by atoms with Crippen molar-refractivity contribution in [2.45, 2.75) is 20.4 Å². The summed E-state index contributed by atoms with van der Waals surface area (Å²) in [6, 6.07) is 14.5. The van der Waals surface area contributed by atoms with Crippen LogP contribution in [0.3, 0.4) is 0 Å². The van der Waals surface area contributed by atoms with Crippen molar-refractivity contribution in [3.63, 3.8) is 0 Å². The normalized spacial score (nSPS) is 14.5. The molecule has 0 radical (unpaired) electrons. The molecule has 3 heterocycles. The number of carbonyl (C=O) groups is 1. The fourth-order valence-electron chi connectivity index (χ4n) is 4.48. The Morgan fingerprint density at radius 2 is 1.75 bits per heavy atom. The molecule has 2 aromatic heterocycles. The predicted octanol–water partition coefficient (Wildman–Crippen LogP) is 2.75. The van der Waals surface area contributed by atoms with Crippen LogP contribution in [0.5, 0.6) is 0 Å². The van der Waals surface area contributed by atoms with Crippen molar-refractivity contribution in [1.29, 1.82) is 0 Å². The summed E-state index contributed by atoms with van der Waals surface area (Å²) in [6.45, 7) is 5.74. The van der Waals surface area contributed by atoms with Crippen molar-refractivity contribution in [3.8, 4) is 0 Å². The Bertz CT molecular complexity index is 1400. The fraction of sp³-hybridized carbons (Fsp3) is 0.292. The highest BCUT2D eigenvalue weighted by Crippen LogP contribution is 2.21. The lowest BCUT2D eigenvalue weighted by Crippen LogP contribution is -2.50. The van der Waals surface area contributed by atoms with E-state index in [1.807, 2.05) is 47.4 Å². The van der Waals surface area contributed by atoms with Gasteiger partial charge in [-0.05, 0) is 44.2 Å². The highest BCUT2D eigenvalue weighted by atomic mass is 19.1. The Kier molecular flexibility index (Phi) is 4.92. The van der Waals surface area contributed by atoms with E-state index in [2.05, 4.69) is 5.10 Å². The number of halogens is 1. The molecular weight excluding hydrogens is 409 g/mol. The third-order valence-electron chi connectivity index (χ3n) is 6.11. The summed E-state index contributed by atoms with van der Waals surface area (Å²) >= 11 is 0. The predicted molar refractivity (Wildman–Crippen MR) is 122 cm³/mol. The van der Waals surface area contributed by atoms with Gasteiger partial charge in [0.15, 0.2) is 0 Å². The molecule has 0 saturated carbocycles. The number of piperazine rings is 1. The van der Waals surface area contributed by atoms with E-state index in [0.29, 0.717) is 43.2 Å². The van der Waals surface area contributed by atoms with E-state index >= 15 is 0 Å². The van der Waals surface area contributed by atoms with Crippen molar-refractivity contribution in [2.75, 3.05) is 31.1 Å². The van der Waals surface area contributed by atoms with E-state index in [4.69, 9.17) is 0 Å². The van der Waals surface area contributed by atoms with Crippen molar-refractivity contribution >= 4 is 28.0 Å². The Morgan fingerprint density at radius 1 is 1.00 bits per heavy atom. The standard InChI is InChI=1S/C24H24FN5O2/c1-16-7-8-20-18(13-16)14-22-24(32)29(26-17(2)30(20)22)15-23(31)28-11-9-27(10-12-28)21-6-4-3-5-19(21)25/h3-8,13-14H,9-12,15H2,1-2H3. The first kappa shape index (κ1) is 20.2. The third-order valence-corrected chi connectivity index (χ3v) is 6.11. The van der Waals surface area contributed by atoms with Gasteiger partial charge in [-0.3, -0.25) is 14.0 Å². The molecule has 0 atom stereocenters. The molecule has 0 bridgehead atoms. The summed E-state index contributed by atoms with van der Waals surface area (Å²) < 4.78 is 17.1. The Labute approximate surface area is 184 Å². The molecule has 7 nitrogen and oxygen atoms in total. The van der Waals surface area contributed by atoms with Gasteiger partial charge in [0.05, 0.1) is 11.2 Å². The summed E-state index contributed by atoms with van der Waals surface area (Å²) in [5, 5.41) is 5.39. The molecule has 0 unspecified atom stereocenters. The number of hydrogen-bond acceptors (Lipinski definition) is 4. The minimum Gasteiger partial charge on any atom is -0.366 e.